The molecule has 0 radical (unpaired) electrons. The van der Waals surface area contributed by atoms with Crippen LogP contribution < -0.4 is 5.32 Å². The smallest absolute Gasteiger partial charge is 0.0474 e. The lowest BCUT2D eigenvalue weighted by Gasteiger charge is -2.48. The molecule has 0 aliphatic carbocycles. The van der Waals surface area contributed by atoms with E-state index in [1.165, 1.54) is 32.4 Å². The topological polar surface area (TPSA) is 24.5 Å². The van der Waals surface area contributed by atoms with Gasteiger partial charge in [-0.05, 0) is 26.2 Å². The Balaban J connectivity index is 2.50. The molecule has 1 heterocycles. The summed E-state index contributed by atoms with van der Waals surface area (Å²) in [5.41, 5.74) is 0.331. The molecule has 1 aliphatic heterocycles. The zero-order chi connectivity index (χ0) is 12.7. The standard InChI is InChI=1S/C14H30N2O/c1-5-8-13-11-16(9-7-10-17-4)14(3,6-2)12-15-13/h13,15H,5-12H2,1-4H3. The minimum absolute atomic E-state index is 0.331. The molecule has 1 aliphatic rings. The molecular weight excluding hydrogens is 212 g/mol. The molecule has 3 nitrogen and oxygen atoms in total. The number of methoxy groups -OCH3 is 1. The van der Waals surface area contributed by atoms with E-state index < -0.39 is 0 Å². The van der Waals surface area contributed by atoms with E-state index in [1.807, 2.05) is 0 Å². The minimum Gasteiger partial charge on any atom is -0.385 e. The fourth-order valence-corrected chi connectivity index (χ4v) is 2.68. The first-order valence-corrected chi connectivity index (χ1v) is 7.13. The van der Waals surface area contributed by atoms with Crippen molar-refractivity contribution >= 4 is 0 Å². The van der Waals surface area contributed by atoms with Crippen molar-refractivity contribution in [3.05, 3.63) is 0 Å². The van der Waals surface area contributed by atoms with Crippen molar-refractivity contribution in [2.75, 3.05) is 33.4 Å². The van der Waals surface area contributed by atoms with Gasteiger partial charge in [0, 0.05) is 44.9 Å². The quantitative estimate of drug-likeness (QED) is 0.693. The Kier molecular flexibility index (Phi) is 6.45. The summed E-state index contributed by atoms with van der Waals surface area (Å²) < 4.78 is 5.17. The predicted molar refractivity (Wildman–Crippen MR) is 73.5 cm³/mol. The molecule has 102 valence electrons. The first-order valence-electron chi connectivity index (χ1n) is 7.13. The third-order valence-electron chi connectivity index (χ3n) is 4.15. The summed E-state index contributed by atoms with van der Waals surface area (Å²) >= 11 is 0. The van der Waals surface area contributed by atoms with Gasteiger partial charge in [-0.1, -0.05) is 20.3 Å². The largest absolute Gasteiger partial charge is 0.385 e. The highest BCUT2D eigenvalue weighted by atomic mass is 16.5. The van der Waals surface area contributed by atoms with Crippen LogP contribution in [-0.4, -0.2) is 49.8 Å². The van der Waals surface area contributed by atoms with Crippen molar-refractivity contribution in [2.24, 2.45) is 0 Å². The molecule has 0 aromatic heterocycles. The molecule has 0 aromatic rings. The normalized spacial score (nSPS) is 30.7. The van der Waals surface area contributed by atoms with Crippen LogP contribution in [0.15, 0.2) is 0 Å². The van der Waals surface area contributed by atoms with Crippen LogP contribution in [0, 0.1) is 0 Å². The van der Waals surface area contributed by atoms with Gasteiger partial charge in [0.15, 0.2) is 0 Å². The summed E-state index contributed by atoms with van der Waals surface area (Å²) in [7, 11) is 1.79. The molecule has 0 spiro atoms. The number of hydrogen-bond donors (Lipinski definition) is 1. The van der Waals surface area contributed by atoms with Crippen molar-refractivity contribution in [3.63, 3.8) is 0 Å². The van der Waals surface area contributed by atoms with Gasteiger partial charge in [-0.15, -0.1) is 0 Å². The molecule has 17 heavy (non-hydrogen) atoms. The summed E-state index contributed by atoms with van der Waals surface area (Å²) in [5, 5.41) is 3.71. The average molecular weight is 242 g/mol. The van der Waals surface area contributed by atoms with Crippen molar-refractivity contribution < 1.29 is 4.74 Å². The molecule has 3 heteroatoms. The molecule has 1 rings (SSSR count). The number of rotatable bonds is 7. The molecule has 1 saturated heterocycles. The second-order valence-electron chi connectivity index (χ2n) is 5.51. The van der Waals surface area contributed by atoms with Crippen molar-refractivity contribution in [2.45, 2.75) is 58.0 Å². The first kappa shape index (κ1) is 14.9. The van der Waals surface area contributed by atoms with E-state index in [2.05, 4.69) is 31.0 Å². The van der Waals surface area contributed by atoms with Crippen molar-refractivity contribution in [1.82, 2.24) is 10.2 Å². The van der Waals surface area contributed by atoms with Gasteiger partial charge < -0.3 is 10.1 Å². The van der Waals surface area contributed by atoms with Gasteiger partial charge in [-0.25, -0.2) is 0 Å². The second-order valence-corrected chi connectivity index (χ2v) is 5.51. The Morgan fingerprint density at radius 3 is 2.76 bits per heavy atom. The monoisotopic (exact) mass is 242 g/mol. The molecule has 0 saturated carbocycles. The highest BCUT2D eigenvalue weighted by Gasteiger charge is 2.35. The van der Waals surface area contributed by atoms with Crippen molar-refractivity contribution in [3.8, 4) is 0 Å². The van der Waals surface area contributed by atoms with E-state index in [9.17, 15) is 0 Å². The molecular formula is C14H30N2O. The lowest BCUT2D eigenvalue weighted by molar-refractivity contribution is 0.0391. The number of piperazine rings is 1. The Morgan fingerprint density at radius 1 is 1.41 bits per heavy atom. The Hall–Kier alpha value is -0.120. The SMILES string of the molecule is CCCC1CN(CCCOC)C(C)(CC)CN1. The van der Waals surface area contributed by atoms with Gasteiger partial charge in [0.05, 0.1) is 0 Å². The fraction of sp³-hybridized carbons (Fsp3) is 1.00. The van der Waals surface area contributed by atoms with Crippen molar-refractivity contribution in [1.29, 1.82) is 0 Å². The Labute approximate surface area is 107 Å². The summed E-state index contributed by atoms with van der Waals surface area (Å²) in [4.78, 5) is 2.67. The van der Waals surface area contributed by atoms with Crippen LogP contribution in [0.2, 0.25) is 0 Å². The molecule has 1 fully saturated rings. The molecule has 0 aromatic carbocycles. The van der Waals surface area contributed by atoms with E-state index >= 15 is 0 Å². The maximum Gasteiger partial charge on any atom is 0.0474 e. The zero-order valence-corrected chi connectivity index (χ0v) is 12.1. The van der Waals surface area contributed by atoms with Crippen LogP contribution in [0.1, 0.15) is 46.5 Å². The fourth-order valence-electron chi connectivity index (χ4n) is 2.68. The number of hydrogen-bond acceptors (Lipinski definition) is 3. The van der Waals surface area contributed by atoms with Crippen LogP contribution in [0.25, 0.3) is 0 Å². The third kappa shape index (κ3) is 4.23. The van der Waals surface area contributed by atoms with Gasteiger partial charge in [0.25, 0.3) is 0 Å². The van der Waals surface area contributed by atoms with Gasteiger partial charge >= 0.3 is 0 Å². The maximum absolute atomic E-state index is 5.17. The predicted octanol–water partition coefficient (Wildman–Crippen LogP) is 2.27. The molecule has 0 bridgehead atoms. The van der Waals surface area contributed by atoms with Gasteiger partial charge in [-0.2, -0.15) is 0 Å². The summed E-state index contributed by atoms with van der Waals surface area (Å²) in [6.07, 6.45) is 4.92. The lowest BCUT2D eigenvalue weighted by atomic mass is 9.91. The van der Waals surface area contributed by atoms with Crippen LogP contribution in [0.4, 0.5) is 0 Å². The summed E-state index contributed by atoms with van der Waals surface area (Å²) in [5.74, 6) is 0. The number of nitrogens with one attached hydrogen (secondary N) is 1. The van der Waals surface area contributed by atoms with Crippen LogP contribution >= 0.6 is 0 Å². The Bertz CT molecular complexity index is 210. The molecule has 2 unspecified atom stereocenters. The highest BCUT2D eigenvalue weighted by molar-refractivity contribution is 4.94. The van der Waals surface area contributed by atoms with Crippen LogP contribution in [0.3, 0.4) is 0 Å². The van der Waals surface area contributed by atoms with Gasteiger partial charge in [0.2, 0.25) is 0 Å². The summed E-state index contributed by atoms with van der Waals surface area (Å²) in [6.45, 7) is 11.3. The minimum atomic E-state index is 0.331. The van der Waals surface area contributed by atoms with Gasteiger partial charge in [0.1, 0.15) is 0 Å². The van der Waals surface area contributed by atoms with Crippen LogP contribution in [0.5, 0.6) is 0 Å². The van der Waals surface area contributed by atoms with E-state index in [0.717, 1.165) is 19.6 Å². The van der Waals surface area contributed by atoms with E-state index in [-0.39, 0.29) is 0 Å². The van der Waals surface area contributed by atoms with E-state index in [1.54, 1.807) is 7.11 Å². The molecule has 2 atom stereocenters. The number of ether oxygens (including phenoxy) is 1. The van der Waals surface area contributed by atoms with E-state index in [4.69, 9.17) is 4.74 Å². The van der Waals surface area contributed by atoms with Gasteiger partial charge in [-0.3, -0.25) is 4.90 Å². The number of nitrogens with zero attached hydrogens (tertiary/aromatic N) is 1. The molecule has 1 N–H and O–H groups in total. The zero-order valence-electron chi connectivity index (χ0n) is 12.1. The summed E-state index contributed by atoms with van der Waals surface area (Å²) in [6, 6.07) is 0.683. The van der Waals surface area contributed by atoms with E-state index in [0.29, 0.717) is 11.6 Å². The maximum atomic E-state index is 5.17. The average Bonchev–Trinajstić information content (AvgIpc) is 2.34. The first-order chi connectivity index (χ1) is 8.16. The Morgan fingerprint density at radius 2 is 2.18 bits per heavy atom. The van der Waals surface area contributed by atoms with Crippen LogP contribution in [-0.2, 0) is 4.74 Å². The molecule has 0 amide bonds. The highest BCUT2D eigenvalue weighted by Crippen LogP contribution is 2.24. The third-order valence-corrected chi connectivity index (χ3v) is 4.15. The lowest BCUT2D eigenvalue weighted by Crippen LogP contribution is -2.63. The second kappa shape index (κ2) is 7.34.